The average Bonchev–Trinajstić information content (AvgIpc) is 2.37. The molecule has 1 saturated carbocycles. The first kappa shape index (κ1) is 16.3. The fourth-order valence-electron chi connectivity index (χ4n) is 2.80. The fourth-order valence-corrected chi connectivity index (χ4v) is 4.12. The van der Waals surface area contributed by atoms with E-state index >= 15 is 0 Å². The molecule has 0 aromatic heterocycles. The van der Waals surface area contributed by atoms with Gasteiger partial charge in [0.05, 0.1) is 10.6 Å². The first-order valence-electron chi connectivity index (χ1n) is 7.64. The first-order chi connectivity index (χ1) is 9.89. The van der Waals surface area contributed by atoms with Gasteiger partial charge in [0.2, 0.25) is 0 Å². The van der Waals surface area contributed by atoms with Crippen LogP contribution in [0.25, 0.3) is 0 Å². The van der Waals surface area contributed by atoms with Crippen LogP contribution in [0.2, 0.25) is 0 Å². The molecule has 0 saturated heterocycles. The Morgan fingerprint density at radius 1 is 1.19 bits per heavy atom. The topological polar surface area (TPSA) is 49.4 Å². The minimum absolute atomic E-state index is 0.212. The zero-order chi connectivity index (χ0) is 15.5. The summed E-state index contributed by atoms with van der Waals surface area (Å²) in [5.41, 5.74) is 1.24. The third-order valence-electron chi connectivity index (χ3n) is 4.54. The Labute approximate surface area is 128 Å². The van der Waals surface area contributed by atoms with Crippen LogP contribution < -0.4 is 5.32 Å². The van der Waals surface area contributed by atoms with Crippen LogP contribution in [-0.4, -0.2) is 45.2 Å². The van der Waals surface area contributed by atoms with E-state index in [1.807, 2.05) is 19.1 Å². The summed E-state index contributed by atoms with van der Waals surface area (Å²) in [5.74, 6) is 0.212. The lowest BCUT2D eigenvalue weighted by Crippen LogP contribution is -2.54. The molecule has 1 fully saturated rings. The van der Waals surface area contributed by atoms with Crippen LogP contribution >= 0.6 is 0 Å². The maximum atomic E-state index is 12.0. The molecule has 0 bridgehead atoms. The monoisotopic (exact) mass is 310 g/mol. The normalized spacial score (nSPS) is 17.5. The fraction of sp³-hybridized carbons (Fsp3) is 0.625. The van der Waals surface area contributed by atoms with Crippen molar-refractivity contribution in [1.29, 1.82) is 0 Å². The van der Waals surface area contributed by atoms with E-state index in [4.69, 9.17) is 0 Å². The van der Waals surface area contributed by atoms with Gasteiger partial charge in [-0.05, 0) is 64.0 Å². The molecule has 0 amide bonds. The molecule has 1 aliphatic carbocycles. The van der Waals surface area contributed by atoms with Crippen molar-refractivity contribution < 1.29 is 8.42 Å². The van der Waals surface area contributed by atoms with Crippen LogP contribution in [0.3, 0.4) is 0 Å². The van der Waals surface area contributed by atoms with Crippen molar-refractivity contribution in [3.8, 4) is 0 Å². The van der Waals surface area contributed by atoms with Crippen LogP contribution in [0.4, 0.5) is 5.69 Å². The van der Waals surface area contributed by atoms with Gasteiger partial charge in [-0.3, -0.25) is 0 Å². The molecule has 21 heavy (non-hydrogen) atoms. The van der Waals surface area contributed by atoms with E-state index in [2.05, 4.69) is 24.3 Å². The lowest BCUT2D eigenvalue weighted by Gasteiger charge is -2.47. The molecule has 0 atom stereocenters. The lowest BCUT2D eigenvalue weighted by molar-refractivity contribution is 0.0739. The van der Waals surface area contributed by atoms with Gasteiger partial charge in [-0.1, -0.05) is 6.92 Å². The summed E-state index contributed by atoms with van der Waals surface area (Å²) in [6.07, 6.45) is 4.37. The number of rotatable bonds is 7. The largest absolute Gasteiger partial charge is 0.383 e. The van der Waals surface area contributed by atoms with Gasteiger partial charge < -0.3 is 10.2 Å². The third kappa shape index (κ3) is 3.58. The quantitative estimate of drug-likeness (QED) is 0.841. The first-order valence-corrected chi connectivity index (χ1v) is 9.29. The van der Waals surface area contributed by atoms with Gasteiger partial charge in [-0.25, -0.2) is 8.42 Å². The van der Waals surface area contributed by atoms with E-state index in [1.54, 1.807) is 12.1 Å². The minimum atomic E-state index is -3.11. The van der Waals surface area contributed by atoms with E-state index in [0.29, 0.717) is 11.3 Å². The average molecular weight is 310 g/mol. The highest BCUT2D eigenvalue weighted by Gasteiger charge is 2.38. The van der Waals surface area contributed by atoms with Crippen LogP contribution in [-0.2, 0) is 9.84 Å². The molecule has 0 spiro atoms. The molecule has 0 heterocycles. The van der Waals surface area contributed by atoms with E-state index < -0.39 is 9.84 Å². The van der Waals surface area contributed by atoms with Crippen molar-refractivity contribution in [2.24, 2.45) is 0 Å². The number of nitrogens with one attached hydrogen (secondary N) is 1. The van der Waals surface area contributed by atoms with Crippen LogP contribution in [0, 0.1) is 0 Å². The summed E-state index contributed by atoms with van der Waals surface area (Å²) >= 11 is 0. The Kier molecular flexibility index (Phi) is 4.94. The smallest absolute Gasteiger partial charge is 0.178 e. The van der Waals surface area contributed by atoms with Gasteiger partial charge in [0.25, 0.3) is 0 Å². The molecule has 0 radical (unpaired) electrons. The number of sulfone groups is 1. The van der Waals surface area contributed by atoms with E-state index in [1.165, 1.54) is 19.3 Å². The van der Waals surface area contributed by atoms with Gasteiger partial charge in [0.1, 0.15) is 0 Å². The molecule has 1 aromatic rings. The zero-order valence-corrected chi connectivity index (χ0v) is 14.0. The minimum Gasteiger partial charge on any atom is -0.383 e. The highest BCUT2D eigenvalue weighted by molar-refractivity contribution is 7.91. The lowest BCUT2D eigenvalue weighted by atomic mass is 9.75. The number of hydrogen-bond donors (Lipinski definition) is 1. The molecule has 0 unspecified atom stereocenters. The van der Waals surface area contributed by atoms with Gasteiger partial charge >= 0.3 is 0 Å². The number of hydrogen-bond acceptors (Lipinski definition) is 4. The van der Waals surface area contributed by atoms with Crippen LogP contribution in [0.1, 0.15) is 32.6 Å². The third-order valence-corrected chi connectivity index (χ3v) is 6.48. The van der Waals surface area contributed by atoms with E-state index in [-0.39, 0.29) is 11.3 Å². The molecule has 118 valence electrons. The summed E-state index contributed by atoms with van der Waals surface area (Å²) < 4.78 is 24.0. The number of benzene rings is 1. The molecule has 1 aromatic carbocycles. The van der Waals surface area contributed by atoms with Crippen LogP contribution in [0.5, 0.6) is 0 Å². The second kappa shape index (κ2) is 6.36. The van der Waals surface area contributed by atoms with Gasteiger partial charge in [0, 0.05) is 17.8 Å². The molecule has 5 heteroatoms. The summed E-state index contributed by atoms with van der Waals surface area (Å²) in [6.45, 7) is 2.79. The maximum Gasteiger partial charge on any atom is 0.178 e. The van der Waals surface area contributed by atoms with Crippen molar-refractivity contribution in [3.05, 3.63) is 24.3 Å². The van der Waals surface area contributed by atoms with Crippen molar-refractivity contribution >= 4 is 15.5 Å². The zero-order valence-electron chi connectivity index (χ0n) is 13.2. The predicted octanol–water partition coefficient (Wildman–Crippen LogP) is 2.77. The number of nitrogens with zero attached hydrogens (tertiary/aromatic N) is 1. The molecule has 1 N–H and O–H groups in total. The molecular formula is C16H26N2O2S. The van der Waals surface area contributed by atoms with E-state index in [0.717, 1.165) is 12.2 Å². The summed E-state index contributed by atoms with van der Waals surface area (Å²) in [4.78, 5) is 2.71. The Balaban J connectivity index is 2.00. The van der Waals surface area contributed by atoms with Crippen molar-refractivity contribution in [2.75, 3.05) is 31.7 Å². The summed E-state index contributed by atoms with van der Waals surface area (Å²) in [5, 5.41) is 3.44. The van der Waals surface area contributed by atoms with Gasteiger partial charge in [-0.15, -0.1) is 0 Å². The van der Waals surface area contributed by atoms with E-state index in [9.17, 15) is 8.42 Å². The van der Waals surface area contributed by atoms with Gasteiger partial charge in [0.15, 0.2) is 9.84 Å². The maximum absolute atomic E-state index is 12.0. The van der Waals surface area contributed by atoms with Crippen LogP contribution in [0.15, 0.2) is 29.2 Å². The highest BCUT2D eigenvalue weighted by atomic mass is 32.2. The number of anilines is 1. The van der Waals surface area contributed by atoms with Crippen molar-refractivity contribution in [3.63, 3.8) is 0 Å². The Morgan fingerprint density at radius 2 is 1.81 bits per heavy atom. The summed E-state index contributed by atoms with van der Waals surface area (Å²) in [7, 11) is 1.14. The Hall–Kier alpha value is -1.07. The molecule has 0 aliphatic heterocycles. The second-order valence-electron chi connectivity index (χ2n) is 6.17. The molecule has 4 nitrogen and oxygen atoms in total. The highest BCUT2D eigenvalue weighted by Crippen LogP contribution is 2.36. The second-order valence-corrected chi connectivity index (χ2v) is 8.28. The summed E-state index contributed by atoms with van der Waals surface area (Å²) in [6, 6.07) is 7.14. The van der Waals surface area contributed by atoms with Crippen molar-refractivity contribution in [1.82, 2.24) is 4.90 Å². The van der Waals surface area contributed by atoms with Crippen molar-refractivity contribution in [2.45, 2.75) is 43.0 Å². The predicted molar refractivity (Wildman–Crippen MR) is 87.5 cm³/mol. The molecular weight excluding hydrogens is 284 g/mol. The molecule has 1 aliphatic rings. The molecule has 2 rings (SSSR count). The van der Waals surface area contributed by atoms with Gasteiger partial charge in [-0.2, -0.15) is 0 Å². The Morgan fingerprint density at radius 3 is 2.24 bits per heavy atom. The number of likely N-dealkylation sites (N-methyl/N-ethyl adjacent to an activating group) is 1. The Bertz CT molecular complexity index is 560. The standard InChI is InChI=1S/C16H26N2O2S/c1-4-12-21(19,20)15-8-6-14(7-9-15)17-13-16(18(2)3)10-5-11-16/h6-9,17H,4-5,10-13H2,1-3H3. The SMILES string of the molecule is CCCS(=O)(=O)c1ccc(NCC2(N(C)C)CCC2)cc1.